The summed E-state index contributed by atoms with van der Waals surface area (Å²) in [6, 6.07) is 18.7. The van der Waals surface area contributed by atoms with E-state index >= 15 is 0 Å². The molecule has 3 nitrogen and oxygen atoms in total. The lowest BCUT2D eigenvalue weighted by molar-refractivity contribution is 0.330. The van der Waals surface area contributed by atoms with Gasteiger partial charge in [0.05, 0.1) is 6.61 Å². The monoisotopic (exact) mass is 292 g/mol. The lowest BCUT2D eigenvalue weighted by atomic mass is 10.1. The largest absolute Gasteiger partial charge is 0.392 e. The molecule has 3 rings (SSSR count). The van der Waals surface area contributed by atoms with E-state index in [1.807, 2.05) is 24.3 Å². The van der Waals surface area contributed by atoms with Crippen molar-refractivity contribution in [3.63, 3.8) is 0 Å². The highest BCUT2D eigenvalue weighted by atomic mass is 16.3. The molecular weight excluding hydrogens is 272 g/mol. The maximum absolute atomic E-state index is 9.35. The Morgan fingerprint density at radius 1 is 1.05 bits per heavy atom. The summed E-state index contributed by atoms with van der Waals surface area (Å²) in [5, 5.41) is 10.5. The summed E-state index contributed by atoms with van der Waals surface area (Å²) < 4.78 is 2.24. The summed E-state index contributed by atoms with van der Waals surface area (Å²) in [4.78, 5) is 0. The summed E-state index contributed by atoms with van der Waals surface area (Å²) in [7, 11) is 0. The SMILES string of the molecule is NCC(=Cc1cn(Cc2ccccc2)c2ccccc12)CO. The fraction of sp³-hybridized carbons (Fsp3) is 0.158. The van der Waals surface area contributed by atoms with E-state index in [1.54, 1.807) is 0 Å². The number of fused-ring (bicyclic) bond motifs is 1. The molecule has 0 bridgehead atoms. The molecule has 0 spiro atoms. The van der Waals surface area contributed by atoms with E-state index in [9.17, 15) is 5.11 Å². The Labute approximate surface area is 130 Å². The van der Waals surface area contributed by atoms with E-state index in [2.05, 4.69) is 47.2 Å². The van der Waals surface area contributed by atoms with Crippen LogP contribution in [0.15, 0.2) is 66.4 Å². The third kappa shape index (κ3) is 2.96. The van der Waals surface area contributed by atoms with Crippen LogP contribution in [0, 0.1) is 0 Å². The standard InChI is InChI=1S/C19H20N2O/c20-11-16(14-22)10-17-13-21(12-15-6-2-1-3-7-15)19-9-5-4-8-18(17)19/h1-10,13,22H,11-12,14,20H2. The molecular formula is C19H20N2O. The summed E-state index contributed by atoms with van der Waals surface area (Å²) in [5.41, 5.74) is 10.1. The number of aromatic nitrogens is 1. The molecule has 0 aliphatic heterocycles. The molecule has 0 aliphatic carbocycles. The third-order valence-corrected chi connectivity index (χ3v) is 3.84. The lowest BCUT2D eigenvalue weighted by Crippen LogP contribution is -2.06. The van der Waals surface area contributed by atoms with Gasteiger partial charge >= 0.3 is 0 Å². The number of hydrogen-bond donors (Lipinski definition) is 2. The van der Waals surface area contributed by atoms with Gasteiger partial charge < -0.3 is 15.4 Å². The second-order valence-corrected chi connectivity index (χ2v) is 5.38. The van der Waals surface area contributed by atoms with Crippen LogP contribution in [-0.2, 0) is 6.54 Å². The fourth-order valence-electron chi connectivity index (χ4n) is 2.69. The molecule has 3 N–H and O–H groups in total. The van der Waals surface area contributed by atoms with Crippen LogP contribution in [0.3, 0.4) is 0 Å². The van der Waals surface area contributed by atoms with Crippen LogP contribution < -0.4 is 5.73 Å². The first-order chi connectivity index (χ1) is 10.8. The molecule has 0 saturated carbocycles. The molecule has 0 fully saturated rings. The number of rotatable bonds is 5. The summed E-state index contributed by atoms with van der Waals surface area (Å²) in [5.74, 6) is 0. The lowest BCUT2D eigenvalue weighted by Gasteiger charge is -2.05. The van der Waals surface area contributed by atoms with Gasteiger partial charge in [-0.15, -0.1) is 0 Å². The fourth-order valence-corrected chi connectivity index (χ4v) is 2.69. The van der Waals surface area contributed by atoms with Gasteiger partial charge in [0.1, 0.15) is 0 Å². The Bertz CT molecular complexity index is 782. The van der Waals surface area contributed by atoms with E-state index in [0.29, 0.717) is 6.54 Å². The topological polar surface area (TPSA) is 51.2 Å². The quantitative estimate of drug-likeness (QED) is 0.759. The average molecular weight is 292 g/mol. The first kappa shape index (κ1) is 14.6. The van der Waals surface area contributed by atoms with Crippen molar-refractivity contribution in [2.45, 2.75) is 6.54 Å². The minimum atomic E-state index is -0.00527. The smallest absolute Gasteiger partial charge is 0.0657 e. The number of aliphatic hydroxyl groups excluding tert-OH is 1. The zero-order valence-electron chi connectivity index (χ0n) is 12.4. The van der Waals surface area contributed by atoms with Crippen molar-refractivity contribution in [2.24, 2.45) is 5.73 Å². The molecule has 112 valence electrons. The highest BCUT2D eigenvalue weighted by molar-refractivity contribution is 5.90. The molecule has 0 radical (unpaired) electrons. The first-order valence-corrected chi connectivity index (χ1v) is 7.44. The predicted molar refractivity (Wildman–Crippen MR) is 91.6 cm³/mol. The Hall–Kier alpha value is -2.36. The van der Waals surface area contributed by atoms with Gasteiger partial charge in [0.2, 0.25) is 0 Å². The molecule has 0 aliphatic rings. The molecule has 3 heteroatoms. The van der Waals surface area contributed by atoms with Crippen LogP contribution >= 0.6 is 0 Å². The zero-order valence-corrected chi connectivity index (χ0v) is 12.4. The summed E-state index contributed by atoms with van der Waals surface area (Å²) in [6.45, 7) is 1.19. The molecule has 1 aromatic heterocycles. The van der Waals surface area contributed by atoms with Gasteiger partial charge in [0.15, 0.2) is 0 Å². The average Bonchev–Trinajstić information content (AvgIpc) is 2.91. The number of hydrogen-bond acceptors (Lipinski definition) is 2. The molecule has 0 atom stereocenters. The Morgan fingerprint density at radius 3 is 2.50 bits per heavy atom. The van der Waals surface area contributed by atoms with Gasteiger partial charge in [0, 0.05) is 35.8 Å². The maximum Gasteiger partial charge on any atom is 0.0657 e. The zero-order chi connectivity index (χ0) is 15.4. The first-order valence-electron chi connectivity index (χ1n) is 7.44. The van der Waals surface area contributed by atoms with E-state index < -0.39 is 0 Å². The predicted octanol–water partition coefficient (Wildman–Crippen LogP) is 3.02. The van der Waals surface area contributed by atoms with Crippen molar-refractivity contribution in [3.8, 4) is 0 Å². The number of nitrogens with zero attached hydrogens (tertiary/aromatic N) is 1. The van der Waals surface area contributed by atoms with Gasteiger partial charge in [-0.2, -0.15) is 0 Å². The van der Waals surface area contributed by atoms with Gasteiger partial charge in [-0.05, 0) is 17.2 Å². The van der Waals surface area contributed by atoms with Gasteiger partial charge in [0.25, 0.3) is 0 Å². The maximum atomic E-state index is 9.35. The van der Waals surface area contributed by atoms with Gasteiger partial charge in [-0.1, -0.05) is 54.6 Å². The molecule has 3 aromatic rings. The van der Waals surface area contributed by atoms with Crippen molar-refractivity contribution in [1.29, 1.82) is 0 Å². The normalized spacial score (nSPS) is 12.0. The summed E-state index contributed by atoms with van der Waals surface area (Å²) >= 11 is 0. The van der Waals surface area contributed by atoms with E-state index in [-0.39, 0.29) is 6.61 Å². The Morgan fingerprint density at radius 2 is 1.77 bits per heavy atom. The van der Waals surface area contributed by atoms with E-state index in [1.165, 1.54) is 16.5 Å². The molecule has 2 aromatic carbocycles. The van der Waals surface area contributed by atoms with Gasteiger partial charge in [-0.3, -0.25) is 0 Å². The van der Waals surface area contributed by atoms with Crippen molar-refractivity contribution < 1.29 is 5.11 Å². The number of para-hydroxylation sites is 1. The second-order valence-electron chi connectivity index (χ2n) is 5.38. The van der Waals surface area contributed by atoms with Crippen molar-refractivity contribution in [3.05, 3.63) is 77.5 Å². The van der Waals surface area contributed by atoms with Crippen LogP contribution in [0.1, 0.15) is 11.1 Å². The summed E-state index contributed by atoms with van der Waals surface area (Å²) in [6.07, 6.45) is 4.12. The van der Waals surface area contributed by atoms with Crippen molar-refractivity contribution >= 4 is 17.0 Å². The van der Waals surface area contributed by atoms with Crippen molar-refractivity contribution in [2.75, 3.05) is 13.2 Å². The molecule has 0 unspecified atom stereocenters. The highest BCUT2D eigenvalue weighted by Crippen LogP contribution is 2.24. The van der Waals surface area contributed by atoms with Crippen LogP contribution in [0.25, 0.3) is 17.0 Å². The van der Waals surface area contributed by atoms with E-state index in [0.717, 1.165) is 17.7 Å². The molecule has 0 amide bonds. The number of nitrogens with two attached hydrogens (primary N) is 1. The third-order valence-electron chi connectivity index (χ3n) is 3.84. The number of benzene rings is 2. The minimum Gasteiger partial charge on any atom is -0.392 e. The molecule has 1 heterocycles. The minimum absolute atomic E-state index is 0.00527. The van der Waals surface area contributed by atoms with Crippen LogP contribution in [0.4, 0.5) is 0 Å². The Balaban J connectivity index is 2.06. The van der Waals surface area contributed by atoms with Crippen molar-refractivity contribution in [1.82, 2.24) is 4.57 Å². The van der Waals surface area contributed by atoms with Crippen LogP contribution in [0.2, 0.25) is 0 Å². The van der Waals surface area contributed by atoms with Crippen LogP contribution in [0.5, 0.6) is 0 Å². The molecule has 0 saturated heterocycles. The van der Waals surface area contributed by atoms with Crippen LogP contribution in [-0.4, -0.2) is 22.8 Å². The van der Waals surface area contributed by atoms with Gasteiger partial charge in [-0.25, -0.2) is 0 Å². The number of aliphatic hydroxyl groups is 1. The second kappa shape index (κ2) is 6.60. The Kier molecular flexibility index (Phi) is 4.37. The highest BCUT2D eigenvalue weighted by Gasteiger charge is 2.07. The van der Waals surface area contributed by atoms with E-state index in [4.69, 9.17) is 5.73 Å². The molecule has 22 heavy (non-hydrogen) atoms.